The van der Waals surface area contributed by atoms with Gasteiger partial charge in [0.15, 0.2) is 6.29 Å². The Balaban J connectivity index is 2.69. The van der Waals surface area contributed by atoms with Crippen molar-refractivity contribution in [1.29, 1.82) is 0 Å². The summed E-state index contributed by atoms with van der Waals surface area (Å²) in [5.41, 5.74) is 2.73. The van der Waals surface area contributed by atoms with Gasteiger partial charge in [-0.1, -0.05) is 6.07 Å². The van der Waals surface area contributed by atoms with Crippen LogP contribution >= 0.6 is 0 Å². The summed E-state index contributed by atoms with van der Waals surface area (Å²) in [5, 5.41) is 5.97. The first-order chi connectivity index (χ1) is 8.56. The molecule has 1 amide bonds. The van der Waals surface area contributed by atoms with Crippen LogP contribution in [0.2, 0.25) is 0 Å². The second-order valence-corrected chi connectivity index (χ2v) is 3.99. The van der Waals surface area contributed by atoms with Crippen molar-refractivity contribution in [3.8, 4) is 0 Å². The molecule has 1 aromatic carbocycles. The summed E-state index contributed by atoms with van der Waals surface area (Å²) in [6.07, 6.45) is -0.296. The predicted octanol–water partition coefficient (Wildman–Crippen LogP) is 1.98. The number of anilines is 2. The fourth-order valence-corrected chi connectivity index (χ4v) is 1.52. The molecule has 5 heteroatoms. The number of carbonyl (C=O) groups excluding carboxylic acids is 1. The molecule has 0 saturated carbocycles. The molecule has 0 heterocycles. The number of rotatable bonds is 6. The molecule has 0 unspecified atom stereocenters. The van der Waals surface area contributed by atoms with Gasteiger partial charge in [0.05, 0.1) is 6.54 Å². The highest BCUT2D eigenvalue weighted by Gasteiger charge is 2.06. The minimum atomic E-state index is -0.296. The van der Waals surface area contributed by atoms with Crippen molar-refractivity contribution in [2.75, 3.05) is 31.4 Å². The maximum Gasteiger partial charge on any atom is 0.221 e. The van der Waals surface area contributed by atoms with E-state index in [1.54, 1.807) is 14.2 Å². The van der Waals surface area contributed by atoms with Gasteiger partial charge in [-0.15, -0.1) is 0 Å². The summed E-state index contributed by atoms with van der Waals surface area (Å²) < 4.78 is 10.2. The maximum absolute atomic E-state index is 11.1. The maximum atomic E-state index is 11.1. The van der Waals surface area contributed by atoms with Crippen LogP contribution in [-0.2, 0) is 14.3 Å². The zero-order valence-corrected chi connectivity index (χ0v) is 11.2. The van der Waals surface area contributed by atoms with E-state index >= 15 is 0 Å². The number of aryl methyl sites for hydroxylation is 1. The van der Waals surface area contributed by atoms with Crippen LogP contribution in [-0.4, -0.2) is 33.0 Å². The van der Waals surface area contributed by atoms with Crippen LogP contribution in [0.1, 0.15) is 12.5 Å². The third-order valence-electron chi connectivity index (χ3n) is 2.55. The lowest BCUT2D eigenvalue weighted by atomic mass is 10.1. The Morgan fingerprint density at radius 1 is 1.33 bits per heavy atom. The number of ether oxygens (including phenoxy) is 2. The molecule has 0 saturated heterocycles. The molecule has 100 valence electrons. The summed E-state index contributed by atoms with van der Waals surface area (Å²) in [6, 6.07) is 5.78. The Bertz CT molecular complexity index is 403. The van der Waals surface area contributed by atoms with Gasteiger partial charge in [0.1, 0.15) is 0 Å². The number of carbonyl (C=O) groups is 1. The molecule has 5 nitrogen and oxygen atoms in total. The van der Waals surface area contributed by atoms with Gasteiger partial charge in [-0.2, -0.15) is 0 Å². The Kier molecular flexibility index (Phi) is 5.61. The summed E-state index contributed by atoms with van der Waals surface area (Å²) in [4.78, 5) is 11.1. The van der Waals surface area contributed by atoms with E-state index in [2.05, 4.69) is 10.6 Å². The van der Waals surface area contributed by atoms with Crippen molar-refractivity contribution in [2.24, 2.45) is 0 Å². The van der Waals surface area contributed by atoms with Crippen LogP contribution in [0.4, 0.5) is 11.4 Å². The smallest absolute Gasteiger partial charge is 0.221 e. The Morgan fingerprint density at radius 3 is 2.56 bits per heavy atom. The monoisotopic (exact) mass is 252 g/mol. The molecule has 2 N–H and O–H groups in total. The number of hydrogen-bond donors (Lipinski definition) is 2. The minimum Gasteiger partial charge on any atom is -0.380 e. The summed E-state index contributed by atoms with van der Waals surface area (Å²) in [5.74, 6) is -0.0816. The van der Waals surface area contributed by atoms with Crippen molar-refractivity contribution in [2.45, 2.75) is 20.1 Å². The van der Waals surface area contributed by atoms with Crippen molar-refractivity contribution in [3.05, 3.63) is 23.8 Å². The lowest BCUT2D eigenvalue weighted by Gasteiger charge is -2.16. The van der Waals surface area contributed by atoms with Gasteiger partial charge in [0.25, 0.3) is 0 Å². The lowest BCUT2D eigenvalue weighted by Crippen LogP contribution is -2.23. The predicted molar refractivity (Wildman–Crippen MR) is 71.8 cm³/mol. The molecule has 0 atom stereocenters. The van der Waals surface area contributed by atoms with Gasteiger partial charge in [-0.3, -0.25) is 4.79 Å². The van der Waals surface area contributed by atoms with Gasteiger partial charge in [0.2, 0.25) is 5.91 Å². The number of nitrogens with one attached hydrogen (secondary N) is 2. The minimum absolute atomic E-state index is 0.0816. The number of hydrogen-bond acceptors (Lipinski definition) is 4. The first-order valence-electron chi connectivity index (χ1n) is 5.74. The molecule has 0 spiro atoms. The van der Waals surface area contributed by atoms with E-state index in [9.17, 15) is 4.79 Å². The van der Waals surface area contributed by atoms with Crippen LogP contribution in [0.15, 0.2) is 18.2 Å². The van der Waals surface area contributed by atoms with Gasteiger partial charge in [-0.05, 0) is 24.6 Å². The topological polar surface area (TPSA) is 59.6 Å². The molecule has 0 aliphatic heterocycles. The molecule has 0 bridgehead atoms. The SMILES string of the molecule is COC(CNc1ccc(C)c(NC(C)=O)c1)OC. The average Bonchev–Trinajstić information content (AvgIpc) is 2.33. The standard InChI is InChI=1S/C13H20N2O3/c1-9-5-6-11(7-12(9)15-10(2)16)14-8-13(17-3)18-4/h5-7,13-14H,8H2,1-4H3,(H,15,16). The largest absolute Gasteiger partial charge is 0.380 e. The molecule has 0 fully saturated rings. The molecule has 0 aliphatic carbocycles. The van der Waals surface area contributed by atoms with Crippen LogP contribution in [0.5, 0.6) is 0 Å². The molecule has 18 heavy (non-hydrogen) atoms. The molecule has 0 aromatic heterocycles. The second-order valence-electron chi connectivity index (χ2n) is 3.99. The van der Waals surface area contributed by atoms with Gasteiger partial charge in [-0.25, -0.2) is 0 Å². The Labute approximate surface area is 107 Å². The van der Waals surface area contributed by atoms with E-state index < -0.39 is 0 Å². The molecular weight excluding hydrogens is 232 g/mol. The fraction of sp³-hybridized carbons (Fsp3) is 0.462. The second kappa shape index (κ2) is 6.98. The first-order valence-corrected chi connectivity index (χ1v) is 5.74. The number of methoxy groups -OCH3 is 2. The quantitative estimate of drug-likeness (QED) is 0.760. The molecular formula is C13H20N2O3. The van der Waals surface area contributed by atoms with E-state index in [1.807, 2.05) is 25.1 Å². The van der Waals surface area contributed by atoms with Gasteiger partial charge >= 0.3 is 0 Å². The third kappa shape index (κ3) is 4.35. The lowest BCUT2D eigenvalue weighted by molar-refractivity contribution is -0.114. The van der Waals surface area contributed by atoms with E-state index in [0.717, 1.165) is 16.9 Å². The third-order valence-corrected chi connectivity index (χ3v) is 2.55. The van der Waals surface area contributed by atoms with Crippen molar-refractivity contribution in [1.82, 2.24) is 0 Å². The fourth-order valence-electron chi connectivity index (χ4n) is 1.52. The summed E-state index contributed by atoms with van der Waals surface area (Å²) in [6.45, 7) is 3.98. The summed E-state index contributed by atoms with van der Waals surface area (Å²) >= 11 is 0. The Hall–Kier alpha value is -1.59. The Morgan fingerprint density at radius 2 is 2.00 bits per heavy atom. The first kappa shape index (κ1) is 14.5. The number of amides is 1. The normalized spacial score (nSPS) is 10.5. The van der Waals surface area contributed by atoms with Crippen molar-refractivity contribution in [3.63, 3.8) is 0 Å². The van der Waals surface area contributed by atoms with Crippen LogP contribution in [0, 0.1) is 6.92 Å². The van der Waals surface area contributed by atoms with Crippen LogP contribution in [0.25, 0.3) is 0 Å². The zero-order valence-electron chi connectivity index (χ0n) is 11.2. The highest BCUT2D eigenvalue weighted by molar-refractivity contribution is 5.90. The van der Waals surface area contributed by atoms with Gasteiger partial charge < -0.3 is 20.1 Å². The van der Waals surface area contributed by atoms with Crippen LogP contribution in [0.3, 0.4) is 0 Å². The average molecular weight is 252 g/mol. The molecule has 1 rings (SSSR count). The van der Waals surface area contributed by atoms with Gasteiger partial charge in [0, 0.05) is 32.5 Å². The van der Waals surface area contributed by atoms with E-state index in [1.165, 1.54) is 6.92 Å². The van der Waals surface area contributed by atoms with E-state index in [-0.39, 0.29) is 12.2 Å². The highest BCUT2D eigenvalue weighted by atomic mass is 16.7. The summed E-state index contributed by atoms with van der Waals surface area (Å²) in [7, 11) is 3.18. The van der Waals surface area contributed by atoms with E-state index in [4.69, 9.17) is 9.47 Å². The number of benzene rings is 1. The van der Waals surface area contributed by atoms with Crippen molar-refractivity contribution >= 4 is 17.3 Å². The molecule has 0 aliphatic rings. The molecule has 1 aromatic rings. The van der Waals surface area contributed by atoms with E-state index in [0.29, 0.717) is 6.54 Å². The molecule has 0 radical (unpaired) electrons. The zero-order chi connectivity index (χ0) is 13.5. The van der Waals surface area contributed by atoms with Crippen molar-refractivity contribution < 1.29 is 14.3 Å². The highest BCUT2D eigenvalue weighted by Crippen LogP contribution is 2.20. The van der Waals surface area contributed by atoms with Crippen LogP contribution < -0.4 is 10.6 Å².